The number of sulfonamides is 1. The zero-order valence-electron chi connectivity index (χ0n) is 17.0. The third-order valence-corrected chi connectivity index (χ3v) is 5.81. The molecule has 3 aromatic carbocycles. The summed E-state index contributed by atoms with van der Waals surface area (Å²) in [6, 6.07) is 21.1. The van der Waals surface area contributed by atoms with Crippen LogP contribution < -0.4 is 9.46 Å². The molecule has 3 aromatic rings. The molecule has 0 amide bonds. The molecule has 0 unspecified atom stereocenters. The Kier molecular flexibility index (Phi) is 7.58. The second-order valence-corrected chi connectivity index (χ2v) is 8.49. The minimum absolute atomic E-state index is 0.121. The predicted molar refractivity (Wildman–Crippen MR) is 118 cm³/mol. The van der Waals surface area contributed by atoms with Crippen molar-refractivity contribution in [1.82, 2.24) is 0 Å². The summed E-state index contributed by atoms with van der Waals surface area (Å²) < 4.78 is 74.1. The summed E-state index contributed by atoms with van der Waals surface area (Å²) in [6.45, 7) is 0.397. The molecule has 0 bridgehead atoms. The van der Waals surface area contributed by atoms with Gasteiger partial charge in [0.25, 0.3) is 10.0 Å². The molecule has 0 aliphatic rings. The summed E-state index contributed by atoms with van der Waals surface area (Å²) in [4.78, 5) is -0.121. The molecule has 8 heteroatoms. The summed E-state index contributed by atoms with van der Waals surface area (Å²) >= 11 is 0. The number of rotatable bonds is 9. The monoisotopic (exact) mass is 460 g/mol. The van der Waals surface area contributed by atoms with Gasteiger partial charge in [0.05, 0.1) is 22.8 Å². The van der Waals surface area contributed by atoms with Gasteiger partial charge in [-0.2, -0.15) is 13.2 Å². The first-order valence-electron chi connectivity index (χ1n) is 9.81. The van der Waals surface area contributed by atoms with E-state index < -0.39 is 27.5 Å². The van der Waals surface area contributed by atoms with Gasteiger partial charge in [-0.1, -0.05) is 60.7 Å². The Morgan fingerprint density at radius 2 is 1.72 bits per heavy atom. The molecule has 0 saturated heterocycles. The summed E-state index contributed by atoms with van der Waals surface area (Å²) in [6.07, 6.45) is -0.706. The number of halogens is 3. The molecule has 1 N–H and O–H groups in total. The third kappa shape index (κ3) is 6.37. The highest BCUT2D eigenvalue weighted by Crippen LogP contribution is 2.39. The number of para-hydroxylation sites is 1. The van der Waals surface area contributed by atoms with Crippen molar-refractivity contribution in [2.24, 2.45) is 0 Å². The number of alkyl halides is 3. The van der Waals surface area contributed by atoms with Gasteiger partial charge in [0, 0.05) is 6.07 Å². The number of nitrogens with one attached hydrogen (secondary N) is 1. The minimum Gasteiger partial charge on any atom is -0.493 e. The molecule has 0 aromatic heterocycles. The van der Waals surface area contributed by atoms with Gasteiger partial charge in [0.1, 0.15) is 5.75 Å². The van der Waals surface area contributed by atoms with Crippen molar-refractivity contribution >= 4 is 21.8 Å². The predicted octanol–water partition coefficient (Wildman–Crippen LogP) is 6.18. The number of hydrogen-bond donors (Lipinski definition) is 1. The van der Waals surface area contributed by atoms with E-state index in [1.807, 2.05) is 12.1 Å². The molecular formula is C24H21F3NO3S. The van der Waals surface area contributed by atoms with Crippen molar-refractivity contribution in [2.75, 3.05) is 11.3 Å². The van der Waals surface area contributed by atoms with Crippen LogP contribution in [0.5, 0.6) is 5.75 Å². The second-order valence-electron chi connectivity index (χ2n) is 6.81. The quantitative estimate of drug-likeness (QED) is 0.388. The second kappa shape index (κ2) is 10.4. The average molecular weight is 460 g/mol. The van der Waals surface area contributed by atoms with E-state index in [-0.39, 0.29) is 10.5 Å². The molecule has 4 nitrogen and oxygen atoms in total. The number of hydrogen-bond acceptors (Lipinski definition) is 3. The lowest BCUT2D eigenvalue weighted by Gasteiger charge is -2.17. The Morgan fingerprint density at radius 1 is 0.969 bits per heavy atom. The molecule has 0 atom stereocenters. The lowest BCUT2D eigenvalue weighted by atomic mass is 10.0. The fraction of sp³-hybridized carbons (Fsp3) is 0.167. The highest BCUT2D eigenvalue weighted by atomic mass is 32.2. The van der Waals surface area contributed by atoms with Crippen LogP contribution in [-0.4, -0.2) is 15.0 Å². The smallest absolute Gasteiger partial charge is 0.419 e. The fourth-order valence-corrected chi connectivity index (χ4v) is 4.07. The lowest BCUT2D eigenvalue weighted by Crippen LogP contribution is -2.18. The normalized spacial score (nSPS) is 12.1. The zero-order chi connectivity index (χ0) is 23.0. The maximum absolute atomic E-state index is 13.8. The molecule has 0 saturated carbocycles. The van der Waals surface area contributed by atoms with Crippen LogP contribution in [0.15, 0.2) is 83.8 Å². The Labute approximate surface area is 185 Å². The molecule has 1 radical (unpaired) electrons. The van der Waals surface area contributed by atoms with Crippen molar-refractivity contribution in [3.63, 3.8) is 0 Å². The Balaban J connectivity index is 1.73. The molecule has 0 spiro atoms. The fourth-order valence-electron chi connectivity index (χ4n) is 2.97. The van der Waals surface area contributed by atoms with Crippen LogP contribution in [0.2, 0.25) is 0 Å². The van der Waals surface area contributed by atoms with Gasteiger partial charge in [-0.05, 0) is 42.7 Å². The number of ether oxygens (including phenoxy) is 1. The number of benzene rings is 3. The number of unbranched alkanes of at least 4 members (excludes halogenated alkanes) is 1. The van der Waals surface area contributed by atoms with Crippen molar-refractivity contribution in [3.8, 4) is 5.75 Å². The first kappa shape index (κ1) is 23.4. The van der Waals surface area contributed by atoms with E-state index in [2.05, 4.69) is 10.8 Å². The van der Waals surface area contributed by atoms with E-state index in [0.29, 0.717) is 25.2 Å². The van der Waals surface area contributed by atoms with Gasteiger partial charge >= 0.3 is 6.18 Å². The zero-order valence-corrected chi connectivity index (χ0v) is 17.8. The van der Waals surface area contributed by atoms with E-state index in [4.69, 9.17) is 4.74 Å². The molecule has 0 aliphatic carbocycles. The van der Waals surface area contributed by atoms with Crippen LogP contribution in [0, 0.1) is 6.07 Å². The summed E-state index contributed by atoms with van der Waals surface area (Å²) in [7, 11) is -4.17. The van der Waals surface area contributed by atoms with E-state index >= 15 is 0 Å². The van der Waals surface area contributed by atoms with Gasteiger partial charge in [-0.25, -0.2) is 8.42 Å². The van der Waals surface area contributed by atoms with Gasteiger partial charge in [0.2, 0.25) is 0 Å². The van der Waals surface area contributed by atoms with E-state index in [0.717, 1.165) is 6.07 Å². The van der Waals surface area contributed by atoms with Crippen LogP contribution in [0.3, 0.4) is 0 Å². The largest absolute Gasteiger partial charge is 0.493 e. The van der Waals surface area contributed by atoms with Crippen LogP contribution in [0.1, 0.15) is 24.0 Å². The average Bonchev–Trinajstić information content (AvgIpc) is 2.76. The SMILES string of the molecule is O=S(=O)(Nc1cccc(/C=C/CCCOc2[c]cccc2)c1C(F)(F)F)c1ccccc1. The van der Waals surface area contributed by atoms with Crippen molar-refractivity contribution in [1.29, 1.82) is 0 Å². The van der Waals surface area contributed by atoms with Gasteiger partial charge in [-0.3, -0.25) is 4.72 Å². The van der Waals surface area contributed by atoms with Crippen LogP contribution in [0.25, 0.3) is 6.08 Å². The summed E-state index contributed by atoms with van der Waals surface area (Å²) in [5, 5.41) is 0. The topological polar surface area (TPSA) is 55.4 Å². The molecular weight excluding hydrogens is 439 g/mol. The highest BCUT2D eigenvalue weighted by Gasteiger charge is 2.36. The number of allylic oxidation sites excluding steroid dienone is 1. The molecule has 0 heterocycles. The molecule has 32 heavy (non-hydrogen) atoms. The van der Waals surface area contributed by atoms with Crippen LogP contribution >= 0.6 is 0 Å². The standard InChI is InChI=1S/C24H21F3NO3S/c25-24(26,27)23-19(11-4-3-9-18-31-20-13-5-1-6-14-20)12-10-17-22(23)28-32(29,30)21-15-7-2-8-16-21/h1-2,4-8,10-13,15-17,28H,3,9,18H2/b11-4+. The van der Waals surface area contributed by atoms with Crippen molar-refractivity contribution in [3.05, 3.63) is 96.1 Å². The van der Waals surface area contributed by atoms with Gasteiger partial charge < -0.3 is 4.74 Å². The minimum atomic E-state index is -4.75. The Hall–Kier alpha value is -3.26. The molecule has 3 rings (SSSR count). The van der Waals surface area contributed by atoms with Crippen molar-refractivity contribution < 1.29 is 26.3 Å². The van der Waals surface area contributed by atoms with E-state index in [1.165, 1.54) is 42.5 Å². The van der Waals surface area contributed by atoms with Crippen LogP contribution in [-0.2, 0) is 16.2 Å². The molecule has 0 fully saturated rings. The van der Waals surface area contributed by atoms with Gasteiger partial charge in [0.15, 0.2) is 0 Å². The van der Waals surface area contributed by atoms with E-state index in [1.54, 1.807) is 24.3 Å². The first-order chi connectivity index (χ1) is 15.3. The van der Waals surface area contributed by atoms with Crippen molar-refractivity contribution in [2.45, 2.75) is 23.9 Å². The summed E-state index contributed by atoms with van der Waals surface area (Å²) in [5.41, 5.74) is -1.68. The van der Waals surface area contributed by atoms with Gasteiger partial charge in [-0.15, -0.1) is 0 Å². The third-order valence-electron chi connectivity index (χ3n) is 4.43. The summed E-state index contributed by atoms with van der Waals surface area (Å²) in [5.74, 6) is 0.606. The first-order valence-corrected chi connectivity index (χ1v) is 11.3. The molecule has 0 aliphatic heterocycles. The maximum Gasteiger partial charge on any atom is 0.419 e. The highest BCUT2D eigenvalue weighted by molar-refractivity contribution is 7.92. The maximum atomic E-state index is 13.8. The Bertz CT molecular complexity index is 1150. The lowest BCUT2D eigenvalue weighted by molar-refractivity contribution is -0.137. The van der Waals surface area contributed by atoms with E-state index in [9.17, 15) is 21.6 Å². The van der Waals surface area contributed by atoms with Crippen LogP contribution in [0.4, 0.5) is 18.9 Å². The molecule has 167 valence electrons. The number of anilines is 1. The Morgan fingerprint density at radius 3 is 2.41 bits per heavy atom.